The highest BCUT2D eigenvalue weighted by Crippen LogP contribution is 2.14. The summed E-state index contributed by atoms with van der Waals surface area (Å²) in [6.07, 6.45) is 1.82. The van der Waals surface area contributed by atoms with Gasteiger partial charge in [-0.2, -0.15) is 0 Å². The molecule has 13 heavy (non-hydrogen) atoms. The topological polar surface area (TPSA) is 28.2 Å². The van der Waals surface area contributed by atoms with E-state index in [2.05, 4.69) is 29.0 Å². The van der Waals surface area contributed by atoms with Crippen LogP contribution in [0.4, 0.5) is 11.5 Å². The molecular weight excluding hydrogens is 162 g/mol. The minimum atomic E-state index is 0.421. The molecule has 72 valence electrons. The van der Waals surface area contributed by atoms with Gasteiger partial charge in [-0.15, -0.1) is 0 Å². The van der Waals surface area contributed by atoms with Crippen molar-refractivity contribution in [2.45, 2.75) is 19.9 Å². The standard InChI is InChI=1S/C10H17N3/c1-8(2)12-10-7-9(13(3)4)5-6-11-10/h5-8H,1-4H3,(H,11,12). The summed E-state index contributed by atoms with van der Waals surface area (Å²) in [6.45, 7) is 4.20. The van der Waals surface area contributed by atoms with Gasteiger partial charge >= 0.3 is 0 Å². The number of nitrogens with one attached hydrogen (secondary N) is 1. The van der Waals surface area contributed by atoms with E-state index in [4.69, 9.17) is 0 Å². The van der Waals surface area contributed by atoms with E-state index in [0.717, 1.165) is 11.5 Å². The Hall–Kier alpha value is -1.25. The minimum absolute atomic E-state index is 0.421. The number of rotatable bonds is 3. The van der Waals surface area contributed by atoms with Crippen molar-refractivity contribution in [3.05, 3.63) is 18.3 Å². The van der Waals surface area contributed by atoms with E-state index in [0.29, 0.717) is 6.04 Å². The second-order valence-electron chi connectivity index (χ2n) is 3.59. The first kappa shape index (κ1) is 9.84. The first-order chi connectivity index (χ1) is 6.09. The number of hydrogen-bond acceptors (Lipinski definition) is 3. The van der Waals surface area contributed by atoms with Gasteiger partial charge in [0.15, 0.2) is 0 Å². The van der Waals surface area contributed by atoms with Crippen LogP contribution in [0.5, 0.6) is 0 Å². The summed E-state index contributed by atoms with van der Waals surface area (Å²) in [7, 11) is 4.04. The fourth-order valence-corrected chi connectivity index (χ4v) is 1.07. The molecule has 0 fully saturated rings. The van der Waals surface area contributed by atoms with Crippen molar-refractivity contribution < 1.29 is 0 Å². The smallest absolute Gasteiger partial charge is 0.128 e. The lowest BCUT2D eigenvalue weighted by Crippen LogP contribution is -2.13. The van der Waals surface area contributed by atoms with Crippen LogP contribution in [0.2, 0.25) is 0 Å². The average Bonchev–Trinajstić information content (AvgIpc) is 2.03. The fourth-order valence-electron chi connectivity index (χ4n) is 1.07. The normalized spacial score (nSPS) is 10.2. The quantitative estimate of drug-likeness (QED) is 0.769. The highest BCUT2D eigenvalue weighted by atomic mass is 15.1. The third-order valence-corrected chi connectivity index (χ3v) is 1.70. The van der Waals surface area contributed by atoms with E-state index in [1.165, 1.54) is 0 Å². The number of pyridine rings is 1. The monoisotopic (exact) mass is 179 g/mol. The third-order valence-electron chi connectivity index (χ3n) is 1.70. The molecule has 0 bridgehead atoms. The van der Waals surface area contributed by atoms with E-state index >= 15 is 0 Å². The summed E-state index contributed by atoms with van der Waals surface area (Å²) in [5.41, 5.74) is 1.16. The van der Waals surface area contributed by atoms with Crippen molar-refractivity contribution >= 4 is 11.5 Å². The predicted octanol–water partition coefficient (Wildman–Crippen LogP) is 1.97. The second kappa shape index (κ2) is 4.12. The Labute approximate surface area is 79.8 Å². The van der Waals surface area contributed by atoms with Gasteiger partial charge in [-0.05, 0) is 19.9 Å². The van der Waals surface area contributed by atoms with Crippen molar-refractivity contribution in [1.29, 1.82) is 0 Å². The Kier molecular flexibility index (Phi) is 3.12. The summed E-state index contributed by atoms with van der Waals surface area (Å²) < 4.78 is 0. The molecule has 1 aromatic rings. The van der Waals surface area contributed by atoms with Crippen LogP contribution in [0.15, 0.2) is 18.3 Å². The number of hydrogen-bond donors (Lipinski definition) is 1. The molecule has 0 amide bonds. The minimum Gasteiger partial charge on any atom is -0.378 e. The van der Waals surface area contributed by atoms with Crippen molar-refractivity contribution in [3.63, 3.8) is 0 Å². The first-order valence-electron chi connectivity index (χ1n) is 4.49. The zero-order chi connectivity index (χ0) is 9.84. The number of nitrogens with zero attached hydrogens (tertiary/aromatic N) is 2. The van der Waals surface area contributed by atoms with E-state index < -0.39 is 0 Å². The maximum Gasteiger partial charge on any atom is 0.128 e. The van der Waals surface area contributed by atoms with Crippen LogP contribution < -0.4 is 10.2 Å². The Bertz CT molecular complexity index is 269. The molecule has 0 aliphatic rings. The van der Waals surface area contributed by atoms with Crippen LogP contribution in [0.1, 0.15) is 13.8 Å². The lowest BCUT2D eigenvalue weighted by atomic mass is 10.3. The number of anilines is 2. The molecule has 1 rings (SSSR count). The van der Waals surface area contributed by atoms with Gasteiger partial charge in [0.25, 0.3) is 0 Å². The van der Waals surface area contributed by atoms with Crippen LogP contribution in [0, 0.1) is 0 Å². The molecular formula is C10H17N3. The third kappa shape index (κ3) is 2.93. The molecule has 0 unspecified atom stereocenters. The highest BCUT2D eigenvalue weighted by molar-refractivity contribution is 5.52. The zero-order valence-corrected chi connectivity index (χ0v) is 8.70. The van der Waals surface area contributed by atoms with Gasteiger partial charge < -0.3 is 10.2 Å². The molecule has 0 aliphatic heterocycles. The van der Waals surface area contributed by atoms with Crippen molar-refractivity contribution in [1.82, 2.24) is 4.98 Å². The maximum absolute atomic E-state index is 4.22. The zero-order valence-electron chi connectivity index (χ0n) is 8.70. The molecule has 3 heteroatoms. The van der Waals surface area contributed by atoms with Crippen LogP contribution in [-0.2, 0) is 0 Å². The molecule has 0 radical (unpaired) electrons. The van der Waals surface area contributed by atoms with Gasteiger partial charge in [0.1, 0.15) is 5.82 Å². The molecule has 3 nitrogen and oxygen atoms in total. The largest absolute Gasteiger partial charge is 0.378 e. The molecule has 0 aromatic carbocycles. The molecule has 0 atom stereocenters. The molecule has 1 heterocycles. The summed E-state index contributed by atoms with van der Waals surface area (Å²) in [4.78, 5) is 6.29. The van der Waals surface area contributed by atoms with Crippen LogP contribution in [0.25, 0.3) is 0 Å². The predicted molar refractivity (Wildman–Crippen MR) is 57.3 cm³/mol. The van der Waals surface area contributed by atoms with Gasteiger partial charge in [-0.1, -0.05) is 0 Å². The summed E-state index contributed by atoms with van der Waals surface area (Å²) in [5.74, 6) is 0.932. The molecule has 0 spiro atoms. The Morgan fingerprint density at radius 2 is 2.08 bits per heavy atom. The Morgan fingerprint density at radius 3 is 2.62 bits per heavy atom. The lowest BCUT2D eigenvalue weighted by Gasteiger charge is -2.14. The Balaban J connectivity index is 2.79. The van der Waals surface area contributed by atoms with E-state index in [1.54, 1.807) is 0 Å². The first-order valence-corrected chi connectivity index (χ1v) is 4.49. The lowest BCUT2D eigenvalue weighted by molar-refractivity contribution is 0.888. The molecule has 0 saturated carbocycles. The highest BCUT2D eigenvalue weighted by Gasteiger charge is 1.99. The molecule has 1 aromatic heterocycles. The van der Waals surface area contributed by atoms with E-state index in [-0.39, 0.29) is 0 Å². The SMILES string of the molecule is CC(C)Nc1cc(N(C)C)ccn1. The van der Waals surface area contributed by atoms with Gasteiger partial charge in [-0.25, -0.2) is 4.98 Å². The van der Waals surface area contributed by atoms with Gasteiger partial charge in [0.2, 0.25) is 0 Å². The van der Waals surface area contributed by atoms with Crippen LogP contribution >= 0.6 is 0 Å². The van der Waals surface area contributed by atoms with Crippen molar-refractivity contribution in [3.8, 4) is 0 Å². The second-order valence-corrected chi connectivity index (χ2v) is 3.59. The molecule has 0 aliphatic carbocycles. The van der Waals surface area contributed by atoms with Crippen molar-refractivity contribution in [2.75, 3.05) is 24.3 Å². The molecule has 1 N–H and O–H groups in total. The Morgan fingerprint density at radius 1 is 1.38 bits per heavy atom. The maximum atomic E-state index is 4.22. The van der Waals surface area contributed by atoms with Gasteiger partial charge in [-0.3, -0.25) is 0 Å². The average molecular weight is 179 g/mol. The van der Waals surface area contributed by atoms with Crippen LogP contribution in [-0.4, -0.2) is 25.1 Å². The summed E-state index contributed by atoms with van der Waals surface area (Å²) in [6, 6.07) is 4.45. The van der Waals surface area contributed by atoms with Crippen LogP contribution in [0.3, 0.4) is 0 Å². The van der Waals surface area contributed by atoms with Gasteiger partial charge in [0, 0.05) is 38.1 Å². The summed E-state index contributed by atoms with van der Waals surface area (Å²) in [5, 5.41) is 3.26. The summed E-state index contributed by atoms with van der Waals surface area (Å²) >= 11 is 0. The fraction of sp³-hybridized carbons (Fsp3) is 0.500. The van der Waals surface area contributed by atoms with Crippen molar-refractivity contribution in [2.24, 2.45) is 0 Å². The molecule has 0 saturated heterocycles. The van der Waals surface area contributed by atoms with E-state index in [9.17, 15) is 0 Å². The van der Waals surface area contributed by atoms with Gasteiger partial charge in [0.05, 0.1) is 0 Å². The number of aromatic nitrogens is 1. The van der Waals surface area contributed by atoms with E-state index in [1.807, 2.05) is 32.4 Å².